The lowest BCUT2D eigenvalue weighted by Crippen LogP contribution is -2.39. The number of hydrogen-bond acceptors (Lipinski definition) is 4. The van der Waals surface area contributed by atoms with Crippen molar-refractivity contribution in [2.24, 2.45) is 5.10 Å². The molecule has 0 fully saturated rings. The van der Waals surface area contributed by atoms with Gasteiger partial charge in [0.1, 0.15) is 5.82 Å². The Balaban J connectivity index is 2.04. The first-order chi connectivity index (χ1) is 11.9. The molecule has 0 atom stereocenters. The molecule has 2 aromatic carbocycles. The average Bonchev–Trinajstić information content (AvgIpc) is 2.57. The molecule has 1 amide bonds. The molecular weight excluding hydrogens is 354 g/mol. The second-order valence-electron chi connectivity index (χ2n) is 5.84. The van der Waals surface area contributed by atoms with E-state index in [4.69, 9.17) is 11.6 Å². The van der Waals surface area contributed by atoms with E-state index in [-0.39, 0.29) is 5.91 Å². The number of hydrazone groups is 1. The Hall–Kier alpha value is -2.24. The van der Waals surface area contributed by atoms with Crippen LogP contribution in [-0.4, -0.2) is 12.6 Å². The third-order valence-corrected chi connectivity index (χ3v) is 5.36. The Labute approximate surface area is 156 Å². The summed E-state index contributed by atoms with van der Waals surface area (Å²) in [6.45, 7) is 9.74. The number of anilines is 1. The number of allylic oxidation sites excluding steroid dienone is 1. The Morgan fingerprint density at radius 1 is 1.24 bits per heavy atom. The minimum absolute atomic E-state index is 0.179. The Bertz CT molecular complexity index is 908. The summed E-state index contributed by atoms with van der Waals surface area (Å²) >= 11 is 7.69. The highest BCUT2D eigenvalue weighted by Gasteiger charge is 2.28. The molecule has 0 saturated carbocycles. The zero-order chi connectivity index (χ0) is 18.1. The predicted molar refractivity (Wildman–Crippen MR) is 105 cm³/mol. The number of carbonyl (C=O) groups is 1. The molecule has 0 bridgehead atoms. The largest absolute Gasteiger partial charge is 0.306 e. The fraction of sp³-hybridized carbons (Fsp3) is 0.158. The fourth-order valence-electron chi connectivity index (χ4n) is 2.73. The van der Waals surface area contributed by atoms with Gasteiger partial charge in [-0.15, -0.1) is 0 Å². The van der Waals surface area contributed by atoms with Gasteiger partial charge in [-0.05, 0) is 50.6 Å². The zero-order valence-corrected chi connectivity index (χ0v) is 15.8. The number of fused-ring (bicyclic) bond motifs is 1. The van der Waals surface area contributed by atoms with Gasteiger partial charge in [-0.1, -0.05) is 41.1 Å². The summed E-state index contributed by atoms with van der Waals surface area (Å²) < 4.78 is 0. The van der Waals surface area contributed by atoms with Crippen molar-refractivity contribution in [2.75, 3.05) is 5.01 Å². The summed E-state index contributed by atoms with van der Waals surface area (Å²) in [5, 5.41) is 9.16. The summed E-state index contributed by atoms with van der Waals surface area (Å²) in [5.74, 6) is 0.418. The van der Waals surface area contributed by atoms with E-state index in [1.165, 1.54) is 11.1 Å². The van der Waals surface area contributed by atoms with Gasteiger partial charge in [-0.3, -0.25) is 4.79 Å². The number of thioether (sulfide) groups is 1. The minimum Gasteiger partial charge on any atom is -0.306 e. The van der Waals surface area contributed by atoms with Gasteiger partial charge in [0.05, 0.1) is 11.3 Å². The smallest absolute Gasteiger partial charge is 0.259 e. The van der Waals surface area contributed by atoms with Crippen LogP contribution in [0.5, 0.6) is 0 Å². The zero-order valence-electron chi connectivity index (χ0n) is 14.3. The van der Waals surface area contributed by atoms with Gasteiger partial charge in [0.15, 0.2) is 0 Å². The highest BCUT2D eigenvalue weighted by atomic mass is 35.5. The molecule has 2 aromatic rings. The van der Waals surface area contributed by atoms with E-state index in [9.17, 15) is 4.79 Å². The molecule has 0 saturated heterocycles. The molecule has 3 rings (SSSR count). The topological polar surface area (TPSA) is 44.7 Å². The quantitative estimate of drug-likeness (QED) is 0.602. The molecular formula is C19H18ClN3OS. The Kier molecular flexibility index (Phi) is 4.88. The van der Waals surface area contributed by atoms with Gasteiger partial charge in [0.25, 0.3) is 5.91 Å². The van der Waals surface area contributed by atoms with Crippen molar-refractivity contribution in [2.45, 2.75) is 25.7 Å². The van der Waals surface area contributed by atoms with E-state index in [0.29, 0.717) is 22.1 Å². The lowest BCUT2D eigenvalue weighted by atomic mass is 10.1. The summed E-state index contributed by atoms with van der Waals surface area (Å²) in [6, 6.07) is 11.4. The molecule has 0 spiro atoms. The Morgan fingerprint density at radius 2 is 2.00 bits per heavy atom. The monoisotopic (exact) mass is 371 g/mol. The molecule has 1 heterocycles. The first kappa shape index (κ1) is 17.6. The van der Waals surface area contributed by atoms with E-state index in [1.54, 1.807) is 35.0 Å². The third-order valence-electron chi connectivity index (χ3n) is 3.94. The van der Waals surface area contributed by atoms with Crippen LogP contribution in [0.2, 0.25) is 5.02 Å². The number of hydrogen-bond donors (Lipinski definition) is 1. The first-order valence-electron chi connectivity index (χ1n) is 7.74. The number of benzene rings is 2. The summed E-state index contributed by atoms with van der Waals surface area (Å²) in [6.07, 6.45) is 0. The van der Waals surface area contributed by atoms with Gasteiger partial charge < -0.3 is 5.32 Å². The van der Waals surface area contributed by atoms with E-state index in [0.717, 1.165) is 9.80 Å². The minimum atomic E-state index is -0.179. The van der Waals surface area contributed by atoms with Gasteiger partial charge in [-0.2, -0.15) is 5.10 Å². The van der Waals surface area contributed by atoms with Crippen molar-refractivity contribution in [3.8, 4) is 0 Å². The fourth-order valence-corrected chi connectivity index (χ4v) is 3.82. The maximum absolute atomic E-state index is 12.5. The molecule has 25 heavy (non-hydrogen) atoms. The van der Waals surface area contributed by atoms with Crippen LogP contribution in [0.1, 0.15) is 28.4 Å². The van der Waals surface area contributed by atoms with Crippen molar-refractivity contribution < 1.29 is 4.79 Å². The summed E-state index contributed by atoms with van der Waals surface area (Å²) in [7, 11) is 0. The molecule has 0 aromatic heterocycles. The predicted octanol–water partition coefficient (Wildman–Crippen LogP) is 5.10. The van der Waals surface area contributed by atoms with Crippen LogP contribution >= 0.6 is 23.4 Å². The number of aryl methyl sites for hydroxylation is 2. The Morgan fingerprint density at radius 3 is 2.68 bits per heavy atom. The molecule has 1 N–H and O–H groups in total. The molecule has 0 aliphatic carbocycles. The summed E-state index contributed by atoms with van der Waals surface area (Å²) in [5.41, 5.74) is 3.55. The van der Waals surface area contributed by atoms with Gasteiger partial charge in [0, 0.05) is 21.5 Å². The average molecular weight is 372 g/mol. The van der Waals surface area contributed by atoms with Crippen molar-refractivity contribution >= 4 is 41.7 Å². The molecule has 1 aliphatic rings. The molecule has 0 radical (unpaired) electrons. The van der Waals surface area contributed by atoms with Crippen LogP contribution < -0.4 is 10.3 Å². The highest BCUT2D eigenvalue weighted by Crippen LogP contribution is 2.37. The standard InChI is InChI=1S/C19H18ClN3OS/c1-11-5-8-17(12(2)9-11)25-13(3)18-22-19(24)15-7-6-14(20)10-16(15)23(18)21-4/h5-10H,4H2,1-3H3,(H,22,24)/b18-13+. The maximum Gasteiger partial charge on any atom is 0.259 e. The van der Waals surface area contributed by atoms with E-state index in [2.05, 4.69) is 49.2 Å². The molecule has 128 valence electrons. The van der Waals surface area contributed by atoms with E-state index in [1.807, 2.05) is 6.92 Å². The highest BCUT2D eigenvalue weighted by molar-refractivity contribution is 8.03. The molecule has 1 aliphatic heterocycles. The molecule has 6 heteroatoms. The van der Waals surface area contributed by atoms with Crippen molar-refractivity contribution in [1.29, 1.82) is 0 Å². The molecule has 4 nitrogen and oxygen atoms in total. The summed E-state index contributed by atoms with van der Waals surface area (Å²) in [4.78, 5) is 14.5. The van der Waals surface area contributed by atoms with E-state index < -0.39 is 0 Å². The van der Waals surface area contributed by atoms with Crippen LogP contribution in [0.4, 0.5) is 5.69 Å². The number of amides is 1. The maximum atomic E-state index is 12.5. The number of rotatable bonds is 3. The number of carbonyl (C=O) groups excluding carboxylic acids is 1. The van der Waals surface area contributed by atoms with Crippen molar-refractivity contribution in [3.63, 3.8) is 0 Å². The number of nitrogens with zero attached hydrogens (tertiary/aromatic N) is 2. The van der Waals surface area contributed by atoms with Crippen LogP contribution in [0.3, 0.4) is 0 Å². The van der Waals surface area contributed by atoms with Crippen molar-refractivity contribution in [1.82, 2.24) is 5.32 Å². The van der Waals surface area contributed by atoms with Crippen LogP contribution in [0, 0.1) is 13.8 Å². The van der Waals surface area contributed by atoms with Crippen molar-refractivity contribution in [3.05, 3.63) is 68.8 Å². The van der Waals surface area contributed by atoms with Gasteiger partial charge in [0.2, 0.25) is 0 Å². The third kappa shape index (κ3) is 3.43. The number of nitrogens with one attached hydrogen (secondary N) is 1. The first-order valence-corrected chi connectivity index (χ1v) is 8.94. The van der Waals surface area contributed by atoms with Crippen LogP contribution in [-0.2, 0) is 0 Å². The van der Waals surface area contributed by atoms with Gasteiger partial charge in [-0.25, -0.2) is 5.01 Å². The second-order valence-corrected chi connectivity index (χ2v) is 7.54. The van der Waals surface area contributed by atoms with E-state index >= 15 is 0 Å². The van der Waals surface area contributed by atoms with Crippen LogP contribution in [0.25, 0.3) is 0 Å². The second kappa shape index (κ2) is 6.94. The molecule has 0 unspecified atom stereocenters. The number of halogens is 1. The van der Waals surface area contributed by atoms with Crippen LogP contribution in [0.15, 0.2) is 57.1 Å². The lowest BCUT2D eigenvalue weighted by molar-refractivity contribution is 0.0960. The lowest BCUT2D eigenvalue weighted by Gasteiger charge is -2.30. The van der Waals surface area contributed by atoms with Gasteiger partial charge >= 0.3 is 0 Å². The normalized spacial score (nSPS) is 15.5. The SMILES string of the molecule is C=NN1/C(=C(\C)Sc2ccc(C)cc2C)NC(=O)c2ccc(Cl)cc21.